The molecule has 2 aromatic rings. The van der Waals surface area contributed by atoms with E-state index < -0.39 is 5.97 Å². The number of hydrogen-bond acceptors (Lipinski definition) is 4. The number of carboxylic acid groups (broad SMARTS) is 1. The van der Waals surface area contributed by atoms with E-state index in [1.807, 2.05) is 24.3 Å². The number of anilines is 1. The fourth-order valence-corrected chi connectivity index (χ4v) is 2.02. The number of rotatable bonds is 6. The molecule has 0 radical (unpaired) electrons. The molecule has 0 aliphatic carbocycles. The zero-order valence-electron chi connectivity index (χ0n) is 11.3. The van der Waals surface area contributed by atoms with E-state index in [-0.39, 0.29) is 11.7 Å². The quantitative estimate of drug-likeness (QED) is 0.705. The number of aromatic carboxylic acids is 1. The third-order valence-electron chi connectivity index (χ3n) is 3.05. The lowest BCUT2D eigenvalue weighted by atomic mass is 10.1. The van der Waals surface area contributed by atoms with Crippen LogP contribution >= 0.6 is 0 Å². The molecule has 0 aliphatic rings. The summed E-state index contributed by atoms with van der Waals surface area (Å²) in [5, 5.41) is 22.3. The molecule has 5 nitrogen and oxygen atoms in total. The van der Waals surface area contributed by atoms with Gasteiger partial charge in [0.15, 0.2) is 0 Å². The number of carbonyl (C=O) groups is 1. The van der Waals surface area contributed by atoms with Crippen molar-refractivity contribution in [1.29, 1.82) is 0 Å². The zero-order chi connectivity index (χ0) is 14.5. The van der Waals surface area contributed by atoms with Crippen LogP contribution < -0.4 is 5.32 Å². The number of carboxylic acids is 1. The van der Waals surface area contributed by atoms with Crippen molar-refractivity contribution in [2.75, 3.05) is 11.9 Å². The normalized spacial score (nSPS) is 12.3. The van der Waals surface area contributed by atoms with E-state index in [0.29, 0.717) is 18.8 Å². The van der Waals surface area contributed by atoms with Gasteiger partial charge in [0.25, 0.3) is 0 Å². The number of fused-ring (bicyclic) bond motifs is 1. The highest BCUT2D eigenvalue weighted by Crippen LogP contribution is 2.20. The van der Waals surface area contributed by atoms with Crippen LogP contribution in [0.25, 0.3) is 10.9 Å². The van der Waals surface area contributed by atoms with Crippen molar-refractivity contribution in [1.82, 2.24) is 4.98 Å². The van der Waals surface area contributed by atoms with Gasteiger partial charge in [0.2, 0.25) is 0 Å². The second kappa shape index (κ2) is 6.34. The number of aromatic nitrogens is 1. The molecule has 1 aromatic heterocycles. The van der Waals surface area contributed by atoms with Gasteiger partial charge in [-0.05, 0) is 31.9 Å². The van der Waals surface area contributed by atoms with E-state index >= 15 is 0 Å². The number of nitrogens with zero attached hydrogens (tertiary/aromatic N) is 1. The van der Waals surface area contributed by atoms with Crippen LogP contribution in [-0.4, -0.2) is 33.8 Å². The second-order valence-corrected chi connectivity index (χ2v) is 4.80. The zero-order valence-corrected chi connectivity index (χ0v) is 11.3. The lowest BCUT2D eigenvalue weighted by molar-refractivity contribution is 0.0697. The number of nitrogens with one attached hydrogen (secondary N) is 1. The van der Waals surface area contributed by atoms with Crippen LogP contribution in [0.15, 0.2) is 30.3 Å². The molecule has 20 heavy (non-hydrogen) atoms. The number of aliphatic hydroxyl groups is 1. The molecule has 1 aromatic carbocycles. The summed E-state index contributed by atoms with van der Waals surface area (Å²) in [5.74, 6) is -0.622. The van der Waals surface area contributed by atoms with Crippen LogP contribution in [0.5, 0.6) is 0 Å². The third kappa shape index (κ3) is 3.45. The fraction of sp³-hybridized carbons (Fsp3) is 0.333. The number of hydrogen-bond donors (Lipinski definition) is 3. The first-order valence-electron chi connectivity index (χ1n) is 6.63. The summed E-state index contributed by atoms with van der Waals surface area (Å²) in [6.45, 7) is 2.31. The van der Waals surface area contributed by atoms with E-state index in [2.05, 4.69) is 10.3 Å². The molecule has 3 N–H and O–H groups in total. The van der Waals surface area contributed by atoms with Gasteiger partial charge in [-0.2, -0.15) is 0 Å². The summed E-state index contributed by atoms with van der Waals surface area (Å²) in [6.07, 6.45) is 1.08. The number of benzene rings is 1. The first kappa shape index (κ1) is 14.3. The van der Waals surface area contributed by atoms with Crippen LogP contribution in [-0.2, 0) is 0 Å². The molecule has 106 valence electrons. The summed E-state index contributed by atoms with van der Waals surface area (Å²) >= 11 is 0. The maximum absolute atomic E-state index is 11.3. The Balaban J connectivity index is 2.21. The first-order valence-corrected chi connectivity index (χ1v) is 6.63. The molecule has 1 unspecified atom stereocenters. The van der Waals surface area contributed by atoms with Crippen LogP contribution in [0.2, 0.25) is 0 Å². The molecule has 0 saturated carbocycles. The molecule has 5 heteroatoms. The van der Waals surface area contributed by atoms with E-state index in [9.17, 15) is 15.0 Å². The highest BCUT2D eigenvalue weighted by molar-refractivity contribution is 5.98. The Hall–Kier alpha value is -2.14. The van der Waals surface area contributed by atoms with Crippen molar-refractivity contribution in [3.63, 3.8) is 0 Å². The Morgan fingerprint density at radius 3 is 2.85 bits per heavy atom. The standard InChI is InChI=1S/C15H18N2O3/c1-10(18)5-4-8-16-14-12(15(19)20)9-11-6-2-3-7-13(11)17-14/h2-3,6-7,9-10,18H,4-5,8H2,1H3,(H,16,17)(H,19,20). The molecule has 0 saturated heterocycles. The summed E-state index contributed by atoms with van der Waals surface area (Å²) in [4.78, 5) is 15.6. The number of pyridine rings is 1. The highest BCUT2D eigenvalue weighted by Gasteiger charge is 2.12. The van der Waals surface area contributed by atoms with Crippen LogP contribution in [0.4, 0.5) is 5.82 Å². The molecule has 1 heterocycles. The second-order valence-electron chi connectivity index (χ2n) is 4.80. The Bertz CT molecular complexity index is 611. The van der Waals surface area contributed by atoms with Gasteiger partial charge in [-0.1, -0.05) is 18.2 Å². The van der Waals surface area contributed by atoms with Gasteiger partial charge in [-0.15, -0.1) is 0 Å². The monoisotopic (exact) mass is 274 g/mol. The molecule has 1 atom stereocenters. The van der Waals surface area contributed by atoms with Gasteiger partial charge < -0.3 is 15.5 Å². The predicted molar refractivity (Wildman–Crippen MR) is 78.1 cm³/mol. The molecule has 0 bridgehead atoms. The van der Waals surface area contributed by atoms with E-state index in [1.54, 1.807) is 13.0 Å². The van der Waals surface area contributed by atoms with Gasteiger partial charge in [-0.25, -0.2) is 9.78 Å². The maximum Gasteiger partial charge on any atom is 0.339 e. The lowest BCUT2D eigenvalue weighted by Gasteiger charge is -2.10. The minimum atomic E-state index is -0.999. The van der Waals surface area contributed by atoms with Crippen LogP contribution in [0.3, 0.4) is 0 Å². The van der Waals surface area contributed by atoms with Gasteiger partial charge in [0, 0.05) is 11.9 Å². The van der Waals surface area contributed by atoms with Gasteiger partial charge in [-0.3, -0.25) is 0 Å². The van der Waals surface area contributed by atoms with Crippen LogP contribution in [0.1, 0.15) is 30.1 Å². The predicted octanol–water partition coefficient (Wildman–Crippen LogP) is 2.51. The van der Waals surface area contributed by atoms with E-state index in [4.69, 9.17) is 0 Å². The fourth-order valence-electron chi connectivity index (χ4n) is 2.02. The Morgan fingerprint density at radius 2 is 2.15 bits per heavy atom. The number of para-hydroxylation sites is 1. The smallest absolute Gasteiger partial charge is 0.339 e. The topological polar surface area (TPSA) is 82.5 Å². The Morgan fingerprint density at radius 1 is 1.40 bits per heavy atom. The average Bonchev–Trinajstić information content (AvgIpc) is 2.42. The van der Waals surface area contributed by atoms with Crippen molar-refractivity contribution < 1.29 is 15.0 Å². The average molecular weight is 274 g/mol. The summed E-state index contributed by atoms with van der Waals surface area (Å²) in [7, 11) is 0. The maximum atomic E-state index is 11.3. The molecule has 0 aliphatic heterocycles. The summed E-state index contributed by atoms with van der Waals surface area (Å²) in [6, 6.07) is 9.04. The molecule has 0 amide bonds. The van der Waals surface area contributed by atoms with Gasteiger partial charge in [0.1, 0.15) is 11.4 Å². The van der Waals surface area contributed by atoms with Crippen LogP contribution in [0, 0.1) is 0 Å². The van der Waals surface area contributed by atoms with Crippen molar-refractivity contribution in [2.24, 2.45) is 0 Å². The Kier molecular flexibility index (Phi) is 4.53. The molecule has 0 spiro atoms. The molecule has 0 fully saturated rings. The Labute approximate surface area is 117 Å². The van der Waals surface area contributed by atoms with Gasteiger partial charge in [0.05, 0.1) is 11.6 Å². The van der Waals surface area contributed by atoms with E-state index in [1.165, 1.54) is 0 Å². The van der Waals surface area contributed by atoms with Crippen molar-refractivity contribution in [3.05, 3.63) is 35.9 Å². The molecular formula is C15H18N2O3. The summed E-state index contributed by atoms with van der Waals surface area (Å²) in [5.41, 5.74) is 0.927. The minimum Gasteiger partial charge on any atom is -0.478 e. The molecular weight excluding hydrogens is 256 g/mol. The third-order valence-corrected chi connectivity index (χ3v) is 3.05. The summed E-state index contributed by atoms with van der Waals surface area (Å²) < 4.78 is 0. The lowest BCUT2D eigenvalue weighted by Crippen LogP contribution is -2.11. The van der Waals surface area contributed by atoms with E-state index in [0.717, 1.165) is 17.3 Å². The van der Waals surface area contributed by atoms with Crippen molar-refractivity contribution in [2.45, 2.75) is 25.9 Å². The SMILES string of the molecule is CC(O)CCCNc1nc2ccccc2cc1C(=O)O. The minimum absolute atomic E-state index is 0.167. The molecule has 2 rings (SSSR count). The number of aliphatic hydroxyl groups excluding tert-OH is 1. The van der Waals surface area contributed by atoms with Crippen molar-refractivity contribution >= 4 is 22.7 Å². The van der Waals surface area contributed by atoms with Crippen molar-refractivity contribution in [3.8, 4) is 0 Å². The highest BCUT2D eigenvalue weighted by atomic mass is 16.4. The van der Waals surface area contributed by atoms with Gasteiger partial charge >= 0.3 is 5.97 Å². The first-order chi connectivity index (χ1) is 9.58. The largest absolute Gasteiger partial charge is 0.478 e.